The van der Waals surface area contributed by atoms with Gasteiger partial charge in [0, 0.05) is 24.0 Å². The van der Waals surface area contributed by atoms with Crippen molar-refractivity contribution in [3.8, 4) is 5.75 Å². The minimum Gasteiger partial charge on any atom is -0.506 e. The molecule has 0 fully saturated rings. The maximum absolute atomic E-state index is 11.8. The molecule has 2 rings (SSSR count). The van der Waals surface area contributed by atoms with E-state index < -0.39 is 10.8 Å². The van der Waals surface area contributed by atoms with Crippen LogP contribution in [-0.4, -0.2) is 20.9 Å². The van der Waals surface area contributed by atoms with Gasteiger partial charge in [-0.2, -0.15) is 0 Å². The van der Waals surface area contributed by atoms with Gasteiger partial charge in [0.25, 0.3) is 5.69 Å². The summed E-state index contributed by atoms with van der Waals surface area (Å²) in [4.78, 5) is 25.8. The zero-order valence-corrected chi connectivity index (χ0v) is 10.3. The van der Waals surface area contributed by atoms with Crippen LogP contribution >= 0.6 is 0 Å². The van der Waals surface area contributed by atoms with Gasteiger partial charge in [0.05, 0.1) is 17.0 Å². The van der Waals surface area contributed by atoms with Crippen molar-refractivity contribution in [2.24, 2.45) is 0 Å². The predicted octanol–water partition coefficient (Wildman–Crippen LogP) is 1.88. The number of carbonyl (C=O) groups is 1. The SMILES string of the molecule is O=C(Cc1ccccn1)Nc1cc([N+](=O)[O-])ccc1O. The number of hydrogen-bond donors (Lipinski definition) is 2. The summed E-state index contributed by atoms with van der Waals surface area (Å²) in [6, 6.07) is 8.59. The molecule has 0 aliphatic rings. The molecular weight excluding hydrogens is 262 g/mol. The van der Waals surface area contributed by atoms with Crippen LogP contribution in [0.25, 0.3) is 0 Å². The van der Waals surface area contributed by atoms with E-state index in [-0.39, 0.29) is 23.5 Å². The van der Waals surface area contributed by atoms with Crippen LogP contribution < -0.4 is 5.32 Å². The third kappa shape index (κ3) is 3.29. The van der Waals surface area contributed by atoms with Gasteiger partial charge >= 0.3 is 0 Å². The van der Waals surface area contributed by atoms with Crippen molar-refractivity contribution < 1.29 is 14.8 Å². The zero-order valence-electron chi connectivity index (χ0n) is 10.3. The summed E-state index contributed by atoms with van der Waals surface area (Å²) < 4.78 is 0. The van der Waals surface area contributed by atoms with Crippen molar-refractivity contribution in [2.75, 3.05) is 5.32 Å². The van der Waals surface area contributed by atoms with Crippen molar-refractivity contribution in [3.05, 3.63) is 58.4 Å². The minimum absolute atomic E-state index is 0.000121. The van der Waals surface area contributed by atoms with Crippen LogP contribution in [0.2, 0.25) is 0 Å². The van der Waals surface area contributed by atoms with Crippen molar-refractivity contribution in [3.63, 3.8) is 0 Å². The summed E-state index contributed by atoms with van der Waals surface area (Å²) in [6.45, 7) is 0. The second-order valence-electron chi connectivity index (χ2n) is 4.00. The molecule has 0 bridgehead atoms. The summed E-state index contributed by atoms with van der Waals surface area (Å²) in [6.07, 6.45) is 1.58. The highest BCUT2D eigenvalue weighted by molar-refractivity contribution is 5.93. The molecule has 1 heterocycles. The van der Waals surface area contributed by atoms with Crippen LogP contribution in [0.1, 0.15) is 5.69 Å². The summed E-state index contributed by atoms with van der Waals surface area (Å²) in [5, 5.41) is 22.6. The van der Waals surface area contributed by atoms with Gasteiger partial charge in [-0.25, -0.2) is 0 Å². The lowest BCUT2D eigenvalue weighted by atomic mass is 10.2. The van der Waals surface area contributed by atoms with Gasteiger partial charge in [-0.1, -0.05) is 6.07 Å². The number of nitrogens with one attached hydrogen (secondary N) is 1. The Morgan fingerprint density at radius 3 is 2.80 bits per heavy atom. The number of amides is 1. The molecule has 0 spiro atoms. The first kappa shape index (κ1) is 13.5. The largest absolute Gasteiger partial charge is 0.506 e. The van der Waals surface area contributed by atoms with E-state index in [1.165, 1.54) is 0 Å². The number of nitrogens with zero attached hydrogens (tertiary/aromatic N) is 2. The molecule has 1 amide bonds. The van der Waals surface area contributed by atoms with Crippen molar-refractivity contribution in [1.29, 1.82) is 0 Å². The third-order valence-corrected chi connectivity index (χ3v) is 2.53. The number of benzene rings is 1. The zero-order chi connectivity index (χ0) is 14.5. The van der Waals surface area contributed by atoms with E-state index >= 15 is 0 Å². The van der Waals surface area contributed by atoms with Gasteiger partial charge in [-0.05, 0) is 18.2 Å². The molecular formula is C13H11N3O4. The molecule has 2 aromatic rings. The Morgan fingerprint density at radius 1 is 1.35 bits per heavy atom. The van der Waals surface area contributed by atoms with E-state index in [0.29, 0.717) is 5.69 Å². The quantitative estimate of drug-likeness (QED) is 0.502. The highest BCUT2D eigenvalue weighted by Crippen LogP contribution is 2.27. The van der Waals surface area contributed by atoms with Crippen molar-refractivity contribution in [2.45, 2.75) is 6.42 Å². The molecule has 102 valence electrons. The molecule has 0 atom stereocenters. The Morgan fingerprint density at radius 2 is 2.15 bits per heavy atom. The smallest absolute Gasteiger partial charge is 0.271 e. The standard InChI is InChI=1S/C13H11N3O4/c17-12-5-4-10(16(19)20)8-11(12)15-13(18)7-9-3-1-2-6-14-9/h1-6,8,17H,7H2,(H,15,18). The number of nitro benzene ring substituents is 1. The Kier molecular flexibility index (Phi) is 3.90. The normalized spacial score (nSPS) is 10.0. The van der Waals surface area contributed by atoms with E-state index in [1.54, 1.807) is 24.4 Å². The molecule has 0 radical (unpaired) electrons. The molecule has 1 aromatic carbocycles. The number of phenols is 1. The van der Waals surface area contributed by atoms with Gasteiger partial charge in [-0.3, -0.25) is 19.9 Å². The Labute approximate surface area is 114 Å². The molecule has 0 aliphatic heterocycles. The second-order valence-corrected chi connectivity index (χ2v) is 4.00. The average molecular weight is 273 g/mol. The first-order chi connectivity index (χ1) is 9.56. The lowest BCUT2D eigenvalue weighted by Gasteiger charge is -2.06. The minimum atomic E-state index is -0.603. The third-order valence-electron chi connectivity index (χ3n) is 2.53. The molecule has 20 heavy (non-hydrogen) atoms. The van der Waals surface area contributed by atoms with Gasteiger partial charge in [0.2, 0.25) is 5.91 Å². The number of non-ortho nitro benzene ring substituents is 1. The number of pyridine rings is 1. The van der Waals surface area contributed by atoms with E-state index in [1.807, 2.05) is 0 Å². The fourth-order valence-electron chi connectivity index (χ4n) is 1.60. The van der Waals surface area contributed by atoms with E-state index in [0.717, 1.165) is 18.2 Å². The van der Waals surface area contributed by atoms with Crippen LogP contribution in [0.3, 0.4) is 0 Å². The molecule has 0 unspecified atom stereocenters. The lowest BCUT2D eigenvalue weighted by Crippen LogP contribution is -2.15. The molecule has 0 saturated carbocycles. The number of aromatic nitrogens is 1. The van der Waals surface area contributed by atoms with Crippen LogP contribution in [0.15, 0.2) is 42.6 Å². The predicted molar refractivity (Wildman–Crippen MR) is 71.3 cm³/mol. The fraction of sp³-hybridized carbons (Fsp3) is 0.0769. The monoisotopic (exact) mass is 273 g/mol. The van der Waals surface area contributed by atoms with E-state index in [4.69, 9.17) is 0 Å². The highest BCUT2D eigenvalue weighted by Gasteiger charge is 2.13. The van der Waals surface area contributed by atoms with E-state index in [9.17, 15) is 20.0 Å². The van der Waals surface area contributed by atoms with Crippen LogP contribution in [0, 0.1) is 10.1 Å². The van der Waals surface area contributed by atoms with Gasteiger partial charge in [0.15, 0.2) is 0 Å². The summed E-state index contributed by atoms with van der Waals surface area (Å²) in [7, 11) is 0. The highest BCUT2D eigenvalue weighted by atomic mass is 16.6. The second kappa shape index (κ2) is 5.79. The van der Waals surface area contributed by atoms with Crippen molar-refractivity contribution in [1.82, 2.24) is 4.98 Å². The molecule has 7 heteroatoms. The fourth-order valence-corrected chi connectivity index (χ4v) is 1.60. The topological polar surface area (TPSA) is 105 Å². The Balaban J connectivity index is 2.11. The van der Waals surface area contributed by atoms with Gasteiger partial charge in [0.1, 0.15) is 5.75 Å². The lowest BCUT2D eigenvalue weighted by molar-refractivity contribution is -0.384. The van der Waals surface area contributed by atoms with E-state index in [2.05, 4.69) is 10.3 Å². The first-order valence-electron chi connectivity index (χ1n) is 5.73. The molecule has 2 N–H and O–H groups in total. The number of hydrogen-bond acceptors (Lipinski definition) is 5. The van der Waals surface area contributed by atoms with Crippen LogP contribution in [0.5, 0.6) is 5.75 Å². The summed E-state index contributed by atoms with van der Waals surface area (Å²) in [5.74, 6) is -0.649. The van der Waals surface area contributed by atoms with Crippen LogP contribution in [-0.2, 0) is 11.2 Å². The Bertz CT molecular complexity index is 643. The van der Waals surface area contributed by atoms with Gasteiger partial charge in [-0.15, -0.1) is 0 Å². The number of rotatable bonds is 4. The average Bonchev–Trinajstić information content (AvgIpc) is 2.42. The number of carbonyl (C=O) groups excluding carboxylic acids is 1. The summed E-state index contributed by atoms with van der Waals surface area (Å²) in [5.41, 5.74) is 0.353. The molecule has 0 saturated heterocycles. The number of phenolic OH excluding ortho intramolecular Hbond substituents is 1. The maximum atomic E-state index is 11.8. The molecule has 7 nitrogen and oxygen atoms in total. The summed E-state index contributed by atoms with van der Waals surface area (Å²) >= 11 is 0. The maximum Gasteiger partial charge on any atom is 0.271 e. The van der Waals surface area contributed by atoms with Gasteiger partial charge < -0.3 is 10.4 Å². The Hall–Kier alpha value is -2.96. The number of nitro groups is 1. The first-order valence-corrected chi connectivity index (χ1v) is 5.73. The molecule has 1 aromatic heterocycles. The number of aromatic hydroxyl groups is 1. The number of anilines is 1. The van der Waals surface area contributed by atoms with Crippen LogP contribution in [0.4, 0.5) is 11.4 Å². The van der Waals surface area contributed by atoms with Crippen molar-refractivity contribution >= 4 is 17.3 Å². The molecule has 0 aliphatic carbocycles.